The SMILES string of the molecule is Cc1nnc(-c2cccc(NC(=O)NC(C)(C)C)c2)o1. The van der Waals surface area contributed by atoms with E-state index in [4.69, 9.17) is 4.42 Å². The molecule has 2 rings (SSSR count). The van der Waals surface area contributed by atoms with E-state index in [2.05, 4.69) is 20.8 Å². The Morgan fingerprint density at radius 2 is 2.00 bits per heavy atom. The number of aromatic nitrogens is 2. The van der Waals surface area contributed by atoms with Gasteiger partial charge < -0.3 is 15.1 Å². The summed E-state index contributed by atoms with van der Waals surface area (Å²) in [4.78, 5) is 11.8. The molecule has 0 aliphatic carbocycles. The van der Waals surface area contributed by atoms with Crippen LogP contribution in [0.1, 0.15) is 26.7 Å². The molecule has 20 heavy (non-hydrogen) atoms. The predicted octanol–water partition coefficient (Wildman–Crippen LogP) is 2.97. The average molecular weight is 274 g/mol. The average Bonchev–Trinajstić information content (AvgIpc) is 2.73. The van der Waals surface area contributed by atoms with E-state index >= 15 is 0 Å². The first kappa shape index (κ1) is 14.0. The minimum Gasteiger partial charge on any atom is -0.421 e. The number of amides is 2. The lowest BCUT2D eigenvalue weighted by Gasteiger charge is -2.20. The van der Waals surface area contributed by atoms with Gasteiger partial charge >= 0.3 is 6.03 Å². The molecule has 0 fully saturated rings. The Balaban J connectivity index is 2.12. The number of anilines is 1. The Morgan fingerprint density at radius 1 is 1.25 bits per heavy atom. The van der Waals surface area contributed by atoms with Gasteiger partial charge in [-0.15, -0.1) is 10.2 Å². The van der Waals surface area contributed by atoms with Gasteiger partial charge in [0.15, 0.2) is 0 Å². The van der Waals surface area contributed by atoms with Crippen LogP contribution < -0.4 is 10.6 Å². The maximum absolute atomic E-state index is 11.8. The van der Waals surface area contributed by atoms with Crippen LogP contribution in [-0.4, -0.2) is 21.8 Å². The van der Waals surface area contributed by atoms with Crippen LogP contribution in [0, 0.1) is 6.92 Å². The van der Waals surface area contributed by atoms with Crippen LogP contribution >= 0.6 is 0 Å². The summed E-state index contributed by atoms with van der Waals surface area (Å²) in [5.41, 5.74) is 1.14. The molecule has 0 bridgehead atoms. The maximum atomic E-state index is 11.8. The fraction of sp³-hybridized carbons (Fsp3) is 0.357. The maximum Gasteiger partial charge on any atom is 0.319 e. The number of hydrogen-bond acceptors (Lipinski definition) is 4. The zero-order valence-electron chi connectivity index (χ0n) is 12.0. The molecule has 0 radical (unpaired) electrons. The van der Waals surface area contributed by atoms with E-state index in [1.165, 1.54) is 0 Å². The molecule has 0 spiro atoms. The Bertz CT molecular complexity index is 614. The Morgan fingerprint density at radius 3 is 2.60 bits per heavy atom. The zero-order valence-corrected chi connectivity index (χ0v) is 12.0. The molecule has 6 nitrogen and oxygen atoms in total. The molecule has 0 saturated heterocycles. The van der Waals surface area contributed by atoms with Crippen LogP contribution in [0.5, 0.6) is 0 Å². The molecule has 0 aliphatic heterocycles. The van der Waals surface area contributed by atoms with Crippen molar-refractivity contribution in [3.05, 3.63) is 30.2 Å². The Hall–Kier alpha value is -2.37. The third-order valence-corrected chi connectivity index (χ3v) is 2.38. The topological polar surface area (TPSA) is 80.0 Å². The van der Waals surface area contributed by atoms with Gasteiger partial charge in [0.25, 0.3) is 0 Å². The lowest BCUT2D eigenvalue weighted by atomic mass is 10.1. The van der Waals surface area contributed by atoms with Crippen LogP contribution in [0.2, 0.25) is 0 Å². The number of urea groups is 1. The molecule has 0 aliphatic rings. The van der Waals surface area contributed by atoms with Gasteiger partial charge in [-0.05, 0) is 39.0 Å². The van der Waals surface area contributed by atoms with Crippen LogP contribution in [0.25, 0.3) is 11.5 Å². The van der Waals surface area contributed by atoms with Crippen molar-refractivity contribution in [2.75, 3.05) is 5.32 Å². The summed E-state index contributed by atoms with van der Waals surface area (Å²) in [6.45, 7) is 7.49. The molecule has 1 aromatic carbocycles. The van der Waals surface area contributed by atoms with Gasteiger partial charge in [0, 0.05) is 23.7 Å². The summed E-state index contributed by atoms with van der Waals surface area (Å²) in [6, 6.07) is 7.00. The quantitative estimate of drug-likeness (QED) is 0.882. The second kappa shape index (κ2) is 5.32. The number of nitrogens with one attached hydrogen (secondary N) is 2. The third-order valence-electron chi connectivity index (χ3n) is 2.38. The number of carbonyl (C=O) groups is 1. The van der Waals surface area contributed by atoms with E-state index in [-0.39, 0.29) is 11.6 Å². The first-order valence-electron chi connectivity index (χ1n) is 6.33. The smallest absolute Gasteiger partial charge is 0.319 e. The highest BCUT2D eigenvalue weighted by Crippen LogP contribution is 2.21. The standard InChI is InChI=1S/C14H18N4O2/c1-9-17-18-12(20-9)10-6-5-7-11(8-10)15-13(19)16-14(2,3)4/h5-8H,1-4H3,(H2,15,16,19). The number of carbonyl (C=O) groups excluding carboxylic acids is 1. The van der Waals surface area contributed by atoms with E-state index in [1.807, 2.05) is 32.9 Å². The Kier molecular flexibility index (Phi) is 3.74. The van der Waals surface area contributed by atoms with Gasteiger partial charge in [-0.25, -0.2) is 4.79 Å². The second-order valence-electron chi connectivity index (χ2n) is 5.54. The highest BCUT2D eigenvalue weighted by molar-refractivity contribution is 5.90. The molecule has 1 aromatic heterocycles. The van der Waals surface area contributed by atoms with Crippen LogP contribution in [0.15, 0.2) is 28.7 Å². The van der Waals surface area contributed by atoms with Crippen molar-refractivity contribution in [1.82, 2.24) is 15.5 Å². The molecule has 2 N–H and O–H groups in total. The minimum atomic E-state index is -0.286. The van der Waals surface area contributed by atoms with E-state index in [0.29, 0.717) is 17.5 Å². The number of nitrogens with zero attached hydrogens (tertiary/aromatic N) is 2. The van der Waals surface area contributed by atoms with Gasteiger partial charge in [0.05, 0.1) is 0 Å². The van der Waals surface area contributed by atoms with Gasteiger partial charge in [-0.3, -0.25) is 0 Å². The largest absolute Gasteiger partial charge is 0.421 e. The number of aryl methyl sites for hydroxylation is 1. The molecule has 2 amide bonds. The van der Waals surface area contributed by atoms with Gasteiger partial charge in [0.2, 0.25) is 11.8 Å². The van der Waals surface area contributed by atoms with Gasteiger partial charge in [0.1, 0.15) is 0 Å². The van der Waals surface area contributed by atoms with Crippen LogP contribution in [0.3, 0.4) is 0 Å². The van der Waals surface area contributed by atoms with Gasteiger partial charge in [-0.2, -0.15) is 0 Å². The van der Waals surface area contributed by atoms with E-state index < -0.39 is 0 Å². The molecule has 106 valence electrons. The molecule has 6 heteroatoms. The van der Waals surface area contributed by atoms with Crippen molar-refractivity contribution in [2.24, 2.45) is 0 Å². The zero-order chi connectivity index (χ0) is 14.8. The van der Waals surface area contributed by atoms with E-state index in [9.17, 15) is 4.79 Å². The van der Waals surface area contributed by atoms with E-state index in [1.54, 1.807) is 19.1 Å². The normalized spacial score (nSPS) is 11.2. The molecular formula is C14H18N4O2. The highest BCUT2D eigenvalue weighted by atomic mass is 16.4. The molecule has 2 aromatic rings. The monoisotopic (exact) mass is 274 g/mol. The van der Waals surface area contributed by atoms with Crippen molar-refractivity contribution < 1.29 is 9.21 Å². The number of hydrogen-bond donors (Lipinski definition) is 2. The molecule has 0 atom stereocenters. The summed E-state index contributed by atoms with van der Waals surface area (Å²) in [5.74, 6) is 0.936. The van der Waals surface area contributed by atoms with Gasteiger partial charge in [-0.1, -0.05) is 6.07 Å². The van der Waals surface area contributed by atoms with Crippen LogP contribution in [0.4, 0.5) is 10.5 Å². The first-order chi connectivity index (χ1) is 9.33. The van der Waals surface area contributed by atoms with Crippen molar-refractivity contribution in [3.8, 4) is 11.5 Å². The second-order valence-corrected chi connectivity index (χ2v) is 5.54. The fourth-order valence-corrected chi connectivity index (χ4v) is 1.65. The number of rotatable bonds is 2. The number of benzene rings is 1. The minimum absolute atomic E-state index is 0.253. The molecule has 1 heterocycles. The highest BCUT2D eigenvalue weighted by Gasteiger charge is 2.14. The lowest BCUT2D eigenvalue weighted by Crippen LogP contribution is -2.43. The van der Waals surface area contributed by atoms with Crippen molar-refractivity contribution >= 4 is 11.7 Å². The molecular weight excluding hydrogens is 256 g/mol. The van der Waals surface area contributed by atoms with Crippen molar-refractivity contribution in [3.63, 3.8) is 0 Å². The summed E-state index contributed by atoms with van der Waals surface area (Å²) in [7, 11) is 0. The molecule has 0 unspecified atom stereocenters. The fourth-order valence-electron chi connectivity index (χ4n) is 1.65. The Labute approximate surface area is 117 Å². The summed E-state index contributed by atoms with van der Waals surface area (Å²) < 4.78 is 5.36. The lowest BCUT2D eigenvalue weighted by molar-refractivity contribution is 0.244. The summed E-state index contributed by atoms with van der Waals surface area (Å²) in [6.07, 6.45) is 0. The summed E-state index contributed by atoms with van der Waals surface area (Å²) in [5, 5.41) is 13.3. The van der Waals surface area contributed by atoms with Crippen molar-refractivity contribution in [2.45, 2.75) is 33.2 Å². The summed E-state index contributed by atoms with van der Waals surface area (Å²) >= 11 is 0. The van der Waals surface area contributed by atoms with Crippen LogP contribution in [-0.2, 0) is 0 Å². The molecule has 0 saturated carbocycles. The first-order valence-corrected chi connectivity index (χ1v) is 6.33. The van der Waals surface area contributed by atoms with E-state index in [0.717, 1.165) is 5.56 Å². The predicted molar refractivity (Wildman–Crippen MR) is 76.4 cm³/mol. The third kappa shape index (κ3) is 3.81. The van der Waals surface area contributed by atoms with Crippen molar-refractivity contribution in [1.29, 1.82) is 0 Å².